The highest BCUT2D eigenvalue weighted by Crippen LogP contribution is 2.29. The van der Waals surface area contributed by atoms with Crippen LogP contribution < -0.4 is 5.32 Å². The SMILES string of the molecule is Cc1ccc(C(=N)/C=C\NCC(C)CN2CC(C)CC(C)C2)cc1CC1CCCC1. The Kier molecular flexibility index (Phi) is 8.56. The number of aryl methyl sites for hydroxylation is 1. The van der Waals surface area contributed by atoms with E-state index in [0.29, 0.717) is 11.6 Å². The summed E-state index contributed by atoms with van der Waals surface area (Å²) in [6, 6.07) is 6.54. The fourth-order valence-corrected chi connectivity index (χ4v) is 5.54. The first-order valence-electron chi connectivity index (χ1n) is 12.2. The molecule has 3 rings (SSSR count). The van der Waals surface area contributed by atoms with Crippen molar-refractivity contribution in [3.63, 3.8) is 0 Å². The van der Waals surface area contributed by atoms with Gasteiger partial charge in [-0.1, -0.05) is 58.6 Å². The molecule has 0 amide bonds. The van der Waals surface area contributed by atoms with Crippen LogP contribution in [0.4, 0.5) is 0 Å². The molecule has 0 aromatic heterocycles. The van der Waals surface area contributed by atoms with Gasteiger partial charge < -0.3 is 15.6 Å². The van der Waals surface area contributed by atoms with Crippen molar-refractivity contribution in [2.24, 2.45) is 23.7 Å². The second-order valence-electron chi connectivity index (χ2n) is 10.4. The van der Waals surface area contributed by atoms with Gasteiger partial charge >= 0.3 is 0 Å². The molecule has 0 radical (unpaired) electrons. The van der Waals surface area contributed by atoms with E-state index < -0.39 is 0 Å². The molecule has 30 heavy (non-hydrogen) atoms. The van der Waals surface area contributed by atoms with Gasteiger partial charge in [0, 0.05) is 26.2 Å². The van der Waals surface area contributed by atoms with E-state index in [1.807, 2.05) is 12.3 Å². The van der Waals surface area contributed by atoms with Crippen molar-refractivity contribution >= 4 is 5.71 Å². The number of nitrogens with one attached hydrogen (secondary N) is 2. The normalized spacial score (nSPS) is 24.4. The average molecular weight is 410 g/mol. The third-order valence-corrected chi connectivity index (χ3v) is 6.99. The molecule has 2 fully saturated rings. The standard InChI is InChI=1S/C27H43N3/c1-20-13-21(2)18-30(17-20)19-22(3)16-29-12-11-27(28)25-10-9-23(4)26(15-25)14-24-7-5-6-8-24/h9-12,15,20-22,24,28-29H,5-8,13-14,16-19H2,1-4H3/b12-11-,28-27?. The minimum absolute atomic E-state index is 0.599. The third-order valence-electron chi connectivity index (χ3n) is 6.99. The van der Waals surface area contributed by atoms with Gasteiger partial charge in [-0.25, -0.2) is 0 Å². The lowest BCUT2D eigenvalue weighted by atomic mass is 9.91. The highest BCUT2D eigenvalue weighted by molar-refractivity contribution is 6.06. The molecule has 1 saturated carbocycles. The van der Waals surface area contributed by atoms with E-state index in [4.69, 9.17) is 5.41 Å². The average Bonchev–Trinajstić information content (AvgIpc) is 3.19. The minimum Gasteiger partial charge on any atom is -0.391 e. The lowest BCUT2D eigenvalue weighted by molar-refractivity contribution is 0.125. The summed E-state index contributed by atoms with van der Waals surface area (Å²) in [5.74, 6) is 3.10. The lowest BCUT2D eigenvalue weighted by Gasteiger charge is -2.36. The first kappa shape index (κ1) is 23.1. The van der Waals surface area contributed by atoms with Gasteiger partial charge in [-0.15, -0.1) is 0 Å². The van der Waals surface area contributed by atoms with Crippen LogP contribution in [0.25, 0.3) is 0 Å². The largest absolute Gasteiger partial charge is 0.391 e. The molecule has 2 aliphatic rings. The number of nitrogens with zero attached hydrogens (tertiary/aromatic N) is 1. The number of likely N-dealkylation sites (tertiary alicyclic amines) is 1. The first-order valence-corrected chi connectivity index (χ1v) is 12.2. The predicted octanol–water partition coefficient (Wildman–Crippen LogP) is 5.81. The van der Waals surface area contributed by atoms with E-state index in [1.165, 1.54) is 62.7 Å². The van der Waals surface area contributed by atoms with Gasteiger partial charge in [-0.2, -0.15) is 0 Å². The van der Waals surface area contributed by atoms with E-state index in [2.05, 4.69) is 56.1 Å². The maximum absolute atomic E-state index is 8.48. The molecule has 1 aliphatic heterocycles. The van der Waals surface area contributed by atoms with Crippen molar-refractivity contribution in [2.45, 2.75) is 66.2 Å². The zero-order valence-electron chi connectivity index (χ0n) is 19.7. The maximum Gasteiger partial charge on any atom is 0.0626 e. The van der Waals surface area contributed by atoms with Crippen LogP contribution in [0.5, 0.6) is 0 Å². The fraction of sp³-hybridized carbons (Fsp3) is 0.667. The highest BCUT2D eigenvalue weighted by atomic mass is 15.1. The Labute approximate surface area is 184 Å². The summed E-state index contributed by atoms with van der Waals surface area (Å²) < 4.78 is 0. The number of rotatable bonds is 9. The van der Waals surface area contributed by atoms with Gasteiger partial charge in [-0.3, -0.25) is 0 Å². The molecule has 1 saturated heterocycles. The summed E-state index contributed by atoms with van der Waals surface area (Å²) in [4.78, 5) is 2.63. The van der Waals surface area contributed by atoms with Crippen LogP contribution in [0.2, 0.25) is 0 Å². The lowest BCUT2D eigenvalue weighted by Crippen LogP contribution is -2.42. The summed E-state index contributed by atoms with van der Waals surface area (Å²) >= 11 is 0. The van der Waals surface area contributed by atoms with E-state index in [0.717, 1.165) is 36.4 Å². The molecule has 2 N–H and O–H groups in total. The van der Waals surface area contributed by atoms with E-state index in [-0.39, 0.29) is 0 Å². The van der Waals surface area contributed by atoms with Gasteiger partial charge in [0.25, 0.3) is 0 Å². The van der Waals surface area contributed by atoms with Gasteiger partial charge in [-0.05, 0) is 78.5 Å². The van der Waals surface area contributed by atoms with Gasteiger partial charge in [0.05, 0.1) is 5.71 Å². The fourth-order valence-electron chi connectivity index (χ4n) is 5.54. The van der Waals surface area contributed by atoms with Gasteiger partial charge in [0.2, 0.25) is 0 Å². The molecule has 0 bridgehead atoms. The summed E-state index contributed by atoms with van der Waals surface area (Å²) in [5.41, 5.74) is 4.44. The van der Waals surface area contributed by atoms with Crippen molar-refractivity contribution < 1.29 is 0 Å². The Bertz CT molecular complexity index is 707. The van der Waals surface area contributed by atoms with Crippen molar-refractivity contribution in [3.8, 4) is 0 Å². The molecule has 1 aromatic carbocycles. The molecule has 3 heteroatoms. The monoisotopic (exact) mass is 409 g/mol. The van der Waals surface area contributed by atoms with E-state index in [9.17, 15) is 0 Å². The Morgan fingerprint density at radius 2 is 1.90 bits per heavy atom. The second kappa shape index (κ2) is 11.1. The van der Waals surface area contributed by atoms with Crippen LogP contribution in [0.15, 0.2) is 30.5 Å². The molecule has 1 aromatic rings. The Hall–Kier alpha value is -1.61. The Morgan fingerprint density at radius 3 is 2.60 bits per heavy atom. The smallest absolute Gasteiger partial charge is 0.0626 e. The molecule has 1 aliphatic carbocycles. The summed E-state index contributed by atoms with van der Waals surface area (Å²) in [6.07, 6.45) is 12.0. The highest BCUT2D eigenvalue weighted by Gasteiger charge is 2.22. The quantitative estimate of drug-likeness (QED) is 0.505. The Balaban J connectivity index is 1.45. The molecular formula is C27H43N3. The van der Waals surface area contributed by atoms with Crippen LogP contribution in [0, 0.1) is 36.0 Å². The third kappa shape index (κ3) is 6.97. The molecule has 3 nitrogen and oxygen atoms in total. The van der Waals surface area contributed by atoms with Crippen molar-refractivity contribution in [2.75, 3.05) is 26.2 Å². The second-order valence-corrected chi connectivity index (χ2v) is 10.4. The van der Waals surface area contributed by atoms with Crippen LogP contribution in [0.3, 0.4) is 0 Å². The topological polar surface area (TPSA) is 39.1 Å². The zero-order valence-corrected chi connectivity index (χ0v) is 19.7. The number of hydrogen-bond acceptors (Lipinski definition) is 3. The van der Waals surface area contributed by atoms with E-state index in [1.54, 1.807) is 0 Å². The first-order chi connectivity index (χ1) is 14.4. The van der Waals surface area contributed by atoms with Gasteiger partial charge in [0.1, 0.15) is 0 Å². The summed E-state index contributed by atoms with van der Waals surface area (Å²) in [7, 11) is 0. The van der Waals surface area contributed by atoms with Crippen LogP contribution in [-0.2, 0) is 6.42 Å². The van der Waals surface area contributed by atoms with E-state index >= 15 is 0 Å². The molecule has 3 unspecified atom stereocenters. The maximum atomic E-state index is 8.48. The molecule has 166 valence electrons. The van der Waals surface area contributed by atoms with Crippen LogP contribution in [0.1, 0.15) is 69.6 Å². The van der Waals surface area contributed by atoms with Crippen molar-refractivity contribution in [3.05, 3.63) is 47.2 Å². The zero-order chi connectivity index (χ0) is 21.5. The number of benzene rings is 1. The Morgan fingerprint density at radius 1 is 1.20 bits per heavy atom. The number of hydrogen-bond donors (Lipinski definition) is 2. The van der Waals surface area contributed by atoms with Crippen molar-refractivity contribution in [1.82, 2.24) is 10.2 Å². The molecule has 3 atom stereocenters. The molecular weight excluding hydrogens is 366 g/mol. The summed E-state index contributed by atoms with van der Waals surface area (Å²) in [5, 5.41) is 11.9. The minimum atomic E-state index is 0.599. The number of allylic oxidation sites excluding steroid dienone is 1. The molecule has 1 heterocycles. The number of piperidine rings is 1. The summed E-state index contributed by atoms with van der Waals surface area (Å²) in [6.45, 7) is 13.9. The van der Waals surface area contributed by atoms with Crippen LogP contribution >= 0.6 is 0 Å². The molecule has 0 spiro atoms. The van der Waals surface area contributed by atoms with Gasteiger partial charge in [0.15, 0.2) is 0 Å². The van der Waals surface area contributed by atoms with Crippen molar-refractivity contribution in [1.29, 1.82) is 5.41 Å². The van der Waals surface area contributed by atoms with Crippen LogP contribution in [-0.4, -0.2) is 36.8 Å². The predicted molar refractivity (Wildman–Crippen MR) is 129 cm³/mol.